The number of nitriles is 1. The number of morpholine rings is 1. The lowest BCUT2D eigenvalue weighted by Gasteiger charge is -2.26. The minimum atomic E-state index is -3.94. The summed E-state index contributed by atoms with van der Waals surface area (Å²) in [6, 6.07) is 14.4. The molecule has 0 aromatic heterocycles. The minimum Gasteiger partial charge on any atom is -0.379 e. The van der Waals surface area contributed by atoms with Crippen molar-refractivity contribution in [1.29, 1.82) is 5.26 Å². The smallest absolute Gasteiger partial charge is 0.339 e. The maximum Gasteiger partial charge on any atom is 0.339 e. The van der Waals surface area contributed by atoms with Crippen LogP contribution in [0.15, 0.2) is 59.0 Å². The molecular formula is C21H20N2O5S. The van der Waals surface area contributed by atoms with Crippen LogP contribution in [-0.4, -0.2) is 45.5 Å². The van der Waals surface area contributed by atoms with Gasteiger partial charge in [0, 0.05) is 13.1 Å². The van der Waals surface area contributed by atoms with Crippen LogP contribution < -0.4 is 4.18 Å². The van der Waals surface area contributed by atoms with Gasteiger partial charge < -0.3 is 13.8 Å². The van der Waals surface area contributed by atoms with Crippen molar-refractivity contribution in [3.05, 3.63) is 65.2 Å². The predicted molar refractivity (Wildman–Crippen MR) is 106 cm³/mol. The molecule has 1 heterocycles. The van der Waals surface area contributed by atoms with Gasteiger partial charge in [0.25, 0.3) is 5.91 Å². The maximum absolute atomic E-state index is 12.4. The highest BCUT2D eigenvalue weighted by Crippen LogP contribution is 2.21. The van der Waals surface area contributed by atoms with Gasteiger partial charge in [-0.05, 0) is 42.8 Å². The van der Waals surface area contributed by atoms with Crippen LogP contribution in [0.1, 0.15) is 11.1 Å². The van der Waals surface area contributed by atoms with Crippen LogP contribution in [0.4, 0.5) is 0 Å². The maximum atomic E-state index is 12.4. The highest BCUT2D eigenvalue weighted by Gasteiger charge is 2.21. The van der Waals surface area contributed by atoms with Crippen molar-refractivity contribution in [2.24, 2.45) is 0 Å². The van der Waals surface area contributed by atoms with Crippen molar-refractivity contribution in [3.63, 3.8) is 0 Å². The van der Waals surface area contributed by atoms with Gasteiger partial charge in [-0.1, -0.05) is 29.8 Å². The second-order valence-corrected chi connectivity index (χ2v) is 8.04. The fourth-order valence-corrected chi connectivity index (χ4v) is 3.67. The predicted octanol–water partition coefficient (Wildman–Crippen LogP) is 2.53. The summed E-state index contributed by atoms with van der Waals surface area (Å²) in [7, 11) is -3.94. The summed E-state index contributed by atoms with van der Waals surface area (Å²) < 4.78 is 35.1. The molecule has 1 saturated heterocycles. The van der Waals surface area contributed by atoms with Gasteiger partial charge in [0.15, 0.2) is 0 Å². The molecule has 29 heavy (non-hydrogen) atoms. The third kappa shape index (κ3) is 5.22. The van der Waals surface area contributed by atoms with E-state index in [9.17, 15) is 18.5 Å². The fourth-order valence-electron chi connectivity index (χ4n) is 2.74. The number of ether oxygens (including phenoxy) is 1. The van der Waals surface area contributed by atoms with E-state index in [0.717, 1.165) is 5.56 Å². The summed E-state index contributed by atoms with van der Waals surface area (Å²) in [6.45, 7) is 3.66. The summed E-state index contributed by atoms with van der Waals surface area (Å²) in [5.74, 6) is -0.209. The van der Waals surface area contributed by atoms with E-state index < -0.39 is 10.1 Å². The van der Waals surface area contributed by atoms with Gasteiger partial charge in [-0.25, -0.2) is 0 Å². The van der Waals surface area contributed by atoms with Gasteiger partial charge in [0.2, 0.25) is 0 Å². The summed E-state index contributed by atoms with van der Waals surface area (Å²) >= 11 is 0. The number of rotatable bonds is 5. The van der Waals surface area contributed by atoms with E-state index in [1.54, 1.807) is 29.2 Å². The molecule has 1 amide bonds. The normalized spacial score (nSPS) is 14.9. The van der Waals surface area contributed by atoms with Gasteiger partial charge in [-0.2, -0.15) is 13.7 Å². The van der Waals surface area contributed by atoms with Crippen molar-refractivity contribution in [1.82, 2.24) is 4.90 Å². The topological polar surface area (TPSA) is 96.7 Å². The number of hydrogen-bond donors (Lipinski definition) is 0. The Balaban J connectivity index is 1.73. The molecular weight excluding hydrogens is 392 g/mol. The molecule has 1 fully saturated rings. The SMILES string of the molecule is Cc1ccc(S(=O)(=O)Oc2ccc(/C=C(\C#N)C(=O)N3CCOCC3)cc2)cc1. The number of carbonyl (C=O) groups is 1. The van der Waals surface area contributed by atoms with Gasteiger partial charge in [-0.15, -0.1) is 0 Å². The molecule has 2 aromatic carbocycles. The lowest BCUT2D eigenvalue weighted by atomic mass is 10.1. The molecule has 0 aliphatic carbocycles. The summed E-state index contributed by atoms with van der Waals surface area (Å²) in [4.78, 5) is 14.1. The first-order valence-electron chi connectivity index (χ1n) is 8.99. The molecule has 8 heteroatoms. The van der Waals surface area contributed by atoms with Crippen molar-refractivity contribution in [3.8, 4) is 11.8 Å². The van der Waals surface area contributed by atoms with Crippen LogP contribution in [0.2, 0.25) is 0 Å². The molecule has 0 unspecified atom stereocenters. The molecule has 0 radical (unpaired) electrons. The van der Waals surface area contributed by atoms with Crippen molar-refractivity contribution in [2.75, 3.05) is 26.3 Å². The summed E-state index contributed by atoms with van der Waals surface area (Å²) in [5.41, 5.74) is 1.54. The molecule has 3 rings (SSSR count). The standard InChI is InChI=1S/C21H20N2O5S/c1-16-2-8-20(9-3-16)29(25,26)28-19-6-4-17(5-7-19)14-18(15-22)21(24)23-10-12-27-13-11-23/h2-9,14H,10-13H2,1H3/b18-14+. The van der Waals surface area contributed by atoms with Crippen LogP contribution in [-0.2, 0) is 19.6 Å². The van der Waals surface area contributed by atoms with Crippen molar-refractivity contribution >= 4 is 22.1 Å². The molecule has 0 spiro atoms. The first-order valence-corrected chi connectivity index (χ1v) is 10.4. The molecule has 7 nitrogen and oxygen atoms in total. The van der Waals surface area contributed by atoms with E-state index in [2.05, 4.69) is 0 Å². The van der Waals surface area contributed by atoms with E-state index in [1.165, 1.54) is 30.3 Å². The van der Waals surface area contributed by atoms with E-state index in [1.807, 2.05) is 13.0 Å². The van der Waals surface area contributed by atoms with Crippen LogP contribution in [0.3, 0.4) is 0 Å². The summed E-state index contributed by atoms with van der Waals surface area (Å²) in [5, 5.41) is 9.34. The van der Waals surface area contributed by atoms with Crippen molar-refractivity contribution < 1.29 is 22.1 Å². The second kappa shape index (κ2) is 8.90. The van der Waals surface area contributed by atoms with E-state index in [-0.39, 0.29) is 22.1 Å². The zero-order valence-electron chi connectivity index (χ0n) is 15.9. The molecule has 0 saturated carbocycles. The lowest BCUT2D eigenvalue weighted by molar-refractivity contribution is -0.130. The van der Waals surface area contributed by atoms with E-state index in [0.29, 0.717) is 31.9 Å². The van der Waals surface area contributed by atoms with Gasteiger partial charge >= 0.3 is 10.1 Å². The Morgan fingerprint density at radius 3 is 2.31 bits per heavy atom. The van der Waals surface area contributed by atoms with Crippen LogP contribution >= 0.6 is 0 Å². The van der Waals surface area contributed by atoms with E-state index in [4.69, 9.17) is 8.92 Å². The largest absolute Gasteiger partial charge is 0.379 e. The molecule has 1 aliphatic rings. The van der Waals surface area contributed by atoms with Crippen molar-refractivity contribution in [2.45, 2.75) is 11.8 Å². The highest BCUT2D eigenvalue weighted by molar-refractivity contribution is 7.87. The summed E-state index contributed by atoms with van der Waals surface area (Å²) in [6.07, 6.45) is 1.47. The van der Waals surface area contributed by atoms with Gasteiger partial charge in [0.1, 0.15) is 22.3 Å². The van der Waals surface area contributed by atoms with Crippen LogP contribution in [0.25, 0.3) is 6.08 Å². The number of benzene rings is 2. The Labute approximate surface area is 169 Å². The Morgan fingerprint density at radius 2 is 1.72 bits per heavy atom. The Bertz CT molecular complexity index is 1050. The number of amides is 1. The average molecular weight is 412 g/mol. The van der Waals surface area contributed by atoms with Crippen LogP contribution in [0, 0.1) is 18.3 Å². The Kier molecular flexibility index (Phi) is 6.32. The molecule has 1 aliphatic heterocycles. The molecule has 2 aromatic rings. The zero-order valence-corrected chi connectivity index (χ0v) is 16.7. The lowest BCUT2D eigenvalue weighted by Crippen LogP contribution is -2.41. The fraction of sp³-hybridized carbons (Fsp3) is 0.238. The highest BCUT2D eigenvalue weighted by atomic mass is 32.2. The van der Waals surface area contributed by atoms with Gasteiger partial charge in [-0.3, -0.25) is 4.79 Å². The number of nitrogens with zero attached hydrogens (tertiary/aromatic N) is 2. The van der Waals surface area contributed by atoms with E-state index >= 15 is 0 Å². The molecule has 150 valence electrons. The first-order chi connectivity index (χ1) is 13.9. The van der Waals surface area contributed by atoms with Crippen LogP contribution in [0.5, 0.6) is 5.75 Å². The zero-order chi connectivity index (χ0) is 20.9. The Hall–Kier alpha value is -3.15. The first kappa shape index (κ1) is 20.6. The third-order valence-corrected chi connectivity index (χ3v) is 5.62. The van der Waals surface area contributed by atoms with Gasteiger partial charge in [0.05, 0.1) is 13.2 Å². The molecule has 0 bridgehead atoms. The molecule has 0 N–H and O–H groups in total. The number of aryl methyl sites for hydroxylation is 1. The monoisotopic (exact) mass is 412 g/mol. The Morgan fingerprint density at radius 1 is 1.10 bits per heavy atom. The third-order valence-electron chi connectivity index (χ3n) is 4.36. The average Bonchev–Trinajstić information content (AvgIpc) is 2.73. The quantitative estimate of drug-likeness (QED) is 0.425. The second-order valence-electron chi connectivity index (χ2n) is 6.49. The number of carbonyl (C=O) groups excluding carboxylic acids is 1. The number of hydrogen-bond acceptors (Lipinski definition) is 6. The minimum absolute atomic E-state index is 0.00726. The molecule has 0 atom stereocenters.